The van der Waals surface area contributed by atoms with E-state index >= 15 is 0 Å². The highest BCUT2D eigenvalue weighted by atomic mass is 19.3. The Bertz CT molecular complexity index is 490. The fourth-order valence-electron chi connectivity index (χ4n) is 2.41. The number of esters is 1. The van der Waals surface area contributed by atoms with Crippen molar-refractivity contribution in [3.63, 3.8) is 0 Å². The number of halogens is 2. The van der Waals surface area contributed by atoms with Gasteiger partial charge in [0.1, 0.15) is 11.4 Å². The predicted molar refractivity (Wildman–Crippen MR) is 82.5 cm³/mol. The lowest BCUT2D eigenvalue weighted by molar-refractivity contribution is -0.170. The molecule has 0 saturated carbocycles. The fraction of sp³-hybridized carbons (Fsp3) is 0.588. The number of unbranched alkanes of at least 4 members (excludes halogenated alkanes) is 1. The van der Waals surface area contributed by atoms with Crippen LogP contribution in [0.25, 0.3) is 0 Å². The summed E-state index contributed by atoms with van der Waals surface area (Å²) in [6.07, 6.45) is -1.17. The highest BCUT2D eigenvalue weighted by molar-refractivity contribution is 5.74. The van der Waals surface area contributed by atoms with Gasteiger partial charge in [-0.25, -0.2) is 8.78 Å². The van der Waals surface area contributed by atoms with Crippen molar-refractivity contribution in [3.8, 4) is 5.75 Å². The minimum Gasteiger partial charge on any atom is -0.494 e. The second kappa shape index (κ2) is 8.82. The molecule has 4 nitrogen and oxygen atoms in total. The number of ether oxygens (including phenoxy) is 2. The minimum atomic E-state index is -3.03. The second-order valence-corrected chi connectivity index (χ2v) is 5.34. The number of carbonyl (C=O) groups is 1. The van der Waals surface area contributed by atoms with E-state index in [9.17, 15) is 18.7 Å². The number of benzene rings is 1. The van der Waals surface area contributed by atoms with Gasteiger partial charge in [-0.15, -0.1) is 0 Å². The van der Waals surface area contributed by atoms with Gasteiger partial charge < -0.3 is 14.6 Å². The maximum atomic E-state index is 13.3. The molecule has 1 N–H and O–H groups in total. The van der Waals surface area contributed by atoms with Crippen molar-refractivity contribution in [2.75, 3.05) is 13.7 Å². The second-order valence-electron chi connectivity index (χ2n) is 5.34. The van der Waals surface area contributed by atoms with Crippen LogP contribution in [0.2, 0.25) is 0 Å². The molecule has 1 rings (SSSR count). The number of hydrogen-bond donors (Lipinski definition) is 1. The lowest BCUT2D eigenvalue weighted by atomic mass is 9.79. The number of carbonyl (C=O) groups excluding carboxylic acids is 1. The van der Waals surface area contributed by atoms with Crippen molar-refractivity contribution in [2.24, 2.45) is 5.92 Å². The molecule has 130 valence electrons. The van der Waals surface area contributed by atoms with Gasteiger partial charge >= 0.3 is 5.97 Å². The molecule has 0 aromatic heterocycles. The number of alkyl halides is 2. The number of methoxy groups -OCH3 is 1. The van der Waals surface area contributed by atoms with E-state index in [0.29, 0.717) is 12.4 Å². The predicted octanol–water partition coefficient (Wildman–Crippen LogP) is 3.52. The summed E-state index contributed by atoms with van der Waals surface area (Å²) in [4.78, 5) is 11.7. The first-order valence-corrected chi connectivity index (χ1v) is 7.72. The molecule has 2 unspecified atom stereocenters. The summed E-state index contributed by atoms with van der Waals surface area (Å²) in [5.74, 6) is -2.48. The summed E-state index contributed by atoms with van der Waals surface area (Å²) in [6.45, 7) is 4.16. The number of hydrogen-bond acceptors (Lipinski definition) is 4. The Morgan fingerprint density at radius 3 is 2.30 bits per heavy atom. The Labute approximate surface area is 135 Å². The van der Waals surface area contributed by atoms with Crippen molar-refractivity contribution in [1.29, 1.82) is 0 Å². The van der Waals surface area contributed by atoms with Crippen LogP contribution in [0.5, 0.6) is 5.75 Å². The summed E-state index contributed by atoms with van der Waals surface area (Å²) in [6, 6.07) is 6.21. The molecular weight excluding hydrogens is 306 g/mol. The van der Waals surface area contributed by atoms with E-state index in [-0.39, 0.29) is 12.0 Å². The zero-order chi connectivity index (χ0) is 17.5. The zero-order valence-electron chi connectivity index (χ0n) is 13.7. The molecule has 2 atom stereocenters. The smallest absolute Gasteiger partial charge is 0.317 e. The van der Waals surface area contributed by atoms with Crippen molar-refractivity contribution < 1.29 is 28.2 Å². The number of rotatable bonds is 9. The van der Waals surface area contributed by atoms with Gasteiger partial charge in [0, 0.05) is 0 Å². The van der Waals surface area contributed by atoms with E-state index in [0.717, 1.165) is 20.0 Å². The molecule has 0 saturated heterocycles. The molecule has 0 bridgehead atoms. The average Bonchev–Trinajstić information content (AvgIpc) is 2.55. The van der Waals surface area contributed by atoms with Gasteiger partial charge in [-0.3, -0.25) is 4.79 Å². The van der Waals surface area contributed by atoms with Crippen LogP contribution in [-0.4, -0.2) is 31.2 Å². The SMILES string of the molecule is CCCCOc1ccc(C(O)(CC)C(C(=O)OC)C(F)F)cc1. The molecule has 23 heavy (non-hydrogen) atoms. The molecular formula is C17H24F2O4. The van der Waals surface area contributed by atoms with E-state index in [1.165, 1.54) is 12.1 Å². The topological polar surface area (TPSA) is 55.8 Å². The van der Waals surface area contributed by atoms with Crippen molar-refractivity contribution in [1.82, 2.24) is 0 Å². The van der Waals surface area contributed by atoms with Crippen LogP contribution < -0.4 is 4.74 Å². The van der Waals surface area contributed by atoms with Gasteiger partial charge in [0.25, 0.3) is 6.43 Å². The van der Waals surface area contributed by atoms with Crippen molar-refractivity contribution in [2.45, 2.75) is 45.1 Å². The molecule has 0 aliphatic heterocycles. The van der Waals surface area contributed by atoms with Gasteiger partial charge in [0.15, 0.2) is 5.92 Å². The Morgan fingerprint density at radius 1 is 1.26 bits per heavy atom. The molecule has 0 fully saturated rings. The quantitative estimate of drug-likeness (QED) is 0.556. The van der Waals surface area contributed by atoms with Gasteiger partial charge in [-0.05, 0) is 30.5 Å². The molecule has 0 radical (unpaired) electrons. The molecule has 0 spiro atoms. The van der Waals surface area contributed by atoms with Gasteiger partial charge in [-0.1, -0.05) is 32.4 Å². The summed E-state index contributed by atoms with van der Waals surface area (Å²) < 4.78 is 36.5. The maximum absolute atomic E-state index is 13.3. The van der Waals surface area contributed by atoms with Gasteiger partial charge in [-0.2, -0.15) is 0 Å². The van der Waals surface area contributed by atoms with E-state index < -0.39 is 23.9 Å². The molecule has 1 aromatic rings. The Hall–Kier alpha value is -1.69. The lowest BCUT2D eigenvalue weighted by Gasteiger charge is -2.33. The van der Waals surface area contributed by atoms with Crippen LogP contribution in [0.3, 0.4) is 0 Å². The third kappa shape index (κ3) is 4.64. The third-order valence-corrected chi connectivity index (χ3v) is 3.88. The van der Waals surface area contributed by atoms with Crippen LogP contribution in [0, 0.1) is 5.92 Å². The van der Waals surface area contributed by atoms with Crippen LogP contribution >= 0.6 is 0 Å². The monoisotopic (exact) mass is 330 g/mol. The highest BCUT2D eigenvalue weighted by Gasteiger charge is 2.48. The van der Waals surface area contributed by atoms with Crippen molar-refractivity contribution in [3.05, 3.63) is 29.8 Å². The van der Waals surface area contributed by atoms with Crippen LogP contribution in [-0.2, 0) is 15.1 Å². The van der Waals surface area contributed by atoms with Crippen LogP contribution in [0.15, 0.2) is 24.3 Å². The fourth-order valence-corrected chi connectivity index (χ4v) is 2.41. The van der Waals surface area contributed by atoms with Gasteiger partial charge in [0.2, 0.25) is 0 Å². The summed E-state index contributed by atoms with van der Waals surface area (Å²) >= 11 is 0. The molecule has 0 heterocycles. The average molecular weight is 330 g/mol. The third-order valence-electron chi connectivity index (χ3n) is 3.88. The Balaban J connectivity index is 3.04. The Morgan fingerprint density at radius 2 is 1.87 bits per heavy atom. The summed E-state index contributed by atoms with van der Waals surface area (Å²) in [5, 5.41) is 10.7. The van der Waals surface area contributed by atoms with E-state index in [4.69, 9.17) is 4.74 Å². The molecule has 0 amide bonds. The number of aliphatic hydroxyl groups is 1. The van der Waals surface area contributed by atoms with Crippen LogP contribution in [0.1, 0.15) is 38.7 Å². The first-order chi connectivity index (χ1) is 10.9. The first kappa shape index (κ1) is 19.4. The molecule has 6 heteroatoms. The minimum absolute atomic E-state index is 0.0485. The molecule has 0 aliphatic rings. The standard InChI is InChI=1S/C17H24F2O4/c1-4-6-11-23-13-9-7-12(8-10-13)17(21,5-2)14(15(18)19)16(20)22-3/h7-10,14-15,21H,4-6,11H2,1-3H3. The largest absolute Gasteiger partial charge is 0.494 e. The van der Waals surface area contributed by atoms with E-state index in [1.807, 2.05) is 6.92 Å². The highest BCUT2D eigenvalue weighted by Crippen LogP contribution is 2.38. The summed E-state index contributed by atoms with van der Waals surface area (Å²) in [7, 11) is 1.03. The zero-order valence-corrected chi connectivity index (χ0v) is 13.7. The first-order valence-electron chi connectivity index (χ1n) is 7.72. The lowest BCUT2D eigenvalue weighted by Crippen LogP contribution is -2.44. The summed E-state index contributed by atoms with van der Waals surface area (Å²) in [5.41, 5.74) is -1.76. The van der Waals surface area contributed by atoms with Crippen LogP contribution in [0.4, 0.5) is 8.78 Å². The van der Waals surface area contributed by atoms with Crippen molar-refractivity contribution >= 4 is 5.97 Å². The molecule has 0 aliphatic carbocycles. The van der Waals surface area contributed by atoms with Gasteiger partial charge in [0.05, 0.1) is 13.7 Å². The van der Waals surface area contributed by atoms with E-state index in [2.05, 4.69) is 4.74 Å². The normalized spacial score (nSPS) is 15.1. The van der Waals surface area contributed by atoms with E-state index in [1.54, 1.807) is 19.1 Å². The Kier molecular flexibility index (Phi) is 7.42. The maximum Gasteiger partial charge on any atom is 0.317 e. The molecule has 1 aromatic carbocycles.